The fraction of sp³-hybridized carbons (Fsp3) is 0.467. The van der Waals surface area contributed by atoms with Crippen LogP contribution in [-0.4, -0.2) is 29.5 Å². The average Bonchev–Trinajstić information content (AvgIpc) is 2.69. The highest BCUT2D eigenvalue weighted by Gasteiger charge is 2.29. The predicted molar refractivity (Wildman–Crippen MR) is 75.4 cm³/mol. The maximum atomic E-state index is 13.7. The molecule has 1 N–H and O–H groups in total. The molecule has 1 saturated heterocycles. The van der Waals surface area contributed by atoms with E-state index in [-0.39, 0.29) is 10.8 Å². The second-order valence-corrected chi connectivity index (χ2v) is 6.13. The summed E-state index contributed by atoms with van der Waals surface area (Å²) in [6.07, 6.45) is 3.49. The Labute approximate surface area is 116 Å². The van der Waals surface area contributed by atoms with Crippen LogP contribution in [0.4, 0.5) is 4.39 Å². The monoisotopic (exact) mass is 278 g/mol. The summed E-state index contributed by atoms with van der Waals surface area (Å²) in [4.78, 5) is 6.03. The van der Waals surface area contributed by atoms with E-state index in [1.807, 2.05) is 0 Å². The van der Waals surface area contributed by atoms with Gasteiger partial charge in [0.1, 0.15) is 5.82 Å². The molecular weight excluding hydrogens is 263 g/mol. The van der Waals surface area contributed by atoms with Gasteiger partial charge in [0.2, 0.25) is 0 Å². The number of fused-ring (bicyclic) bond motifs is 6. The van der Waals surface area contributed by atoms with Gasteiger partial charge in [-0.1, -0.05) is 11.6 Å². The van der Waals surface area contributed by atoms with Crippen molar-refractivity contribution in [3.05, 3.63) is 34.2 Å². The van der Waals surface area contributed by atoms with Crippen LogP contribution < -0.4 is 0 Å². The van der Waals surface area contributed by atoms with Gasteiger partial charge in [0.15, 0.2) is 0 Å². The van der Waals surface area contributed by atoms with Crippen LogP contribution in [0.1, 0.15) is 30.0 Å². The number of hydrogen-bond acceptors (Lipinski definition) is 1. The van der Waals surface area contributed by atoms with Gasteiger partial charge in [-0.05, 0) is 43.5 Å². The van der Waals surface area contributed by atoms with Gasteiger partial charge in [-0.3, -0.25) is 0 Å². The van der Waals surface area contributed by atoms with Crippen molar-refractivity contribution in [2.24, 2.45) is 0 Å². The minimum absolute atomic E-state index is 0.203. The van der Waals surface area contributed by atoms with Gasteiger partial charge < -0.3 is 9.88 Å². The zero-order valence-corrected chi connectivity index (χ0v) is 11.4. The van der Waals surface area contributed by atoms with Gasteiger partial charge in [0, 0.05) is 35.6 Å². The summed E-state index contributed by atoms with van der Waals surface area (Å²) in [6.45, 7) is 3.43. The first-order chi connectivity index (χ1) is 9.22. The number of aromatic amines is 1. The van der Waals surface area contributed by atoms with Crippen molar-refractivity contribution >= 4 is 22.5 Å². The molecule has 1 fully saturated rings. The molecule has 0 radical (unpaired) electrons. The van der Waals surface area contributed by atoms with Crippen LogP contribution in [0.5, 0.6) is 0 Å². The molecule has 19 heavy (non-hydrogen) atoms. The molecule has 0 spiro atoms. The van der Waals surface area contributed by atoms with E-state index in [0.29, 0.717) is 5.92 Å². The predicted octanol–water partition coefficient (Wildman–Crippen LogP) is 3.70. The largest absolute Gasteiger partial charge is 0.358 e. The van der Waals surface area contributed by atoms with Crippen LogP contribution >= 0.6 is 11.6 Å². The summed E-state index contributed by atoms with van der Waals surface area (Å²) in [5.41, 5.74) is 3.61. The number of aromatic nitrogens is 1. The number of rotatable bonds is 0. The fourth-order valence-corrected chi connectivity index (χ4v) is 3.81. The molecule has 2 nitrogen and oxygen atoms in total. The molecular formula is C15H16ClFN2. The average molecular weight is 279 g/mol. The van der Waals surface area contributed by atoms with Gasteiger partial charge in [0.05, 0.1) is 5.02 Å². The number of hydrogen-bond donors (Lipinski definition) is 1. The Morgan fingerprint density at radius 2 is 2.21 bits per heavy atom. The second-order valence-electron chi connectivity index (χ2n) is 5.72. The second kappa shape index (κ2) is 4.22. The molecule has 1 aromatic carbocycles. The minimum atomic E-state index is -0.316. The summed E-state index contributed by atoms with van der Waals surface area (Å²) in [5, 5.41) is 1.22. The molecule has 4 heteroatoms. The highest BCUT2D eigenvalue weighted by molar-refractivity contribution is 6.31. The first kappa shape index (κ1) is 11.7. The molecule has 0 saturated carbocycles. The molecule has 1 aromatic heterocycles. The molecule has 0 amide bonds. The lowest BCUT2D eigenvalue weighted by atomic mass is 9.93. The van der Waals surface area contributed by atoms with E-state index in [1.165, 1.54) is 30.6 Å². The Balaban J connectivity index is 1.92. The van der Waals surface area contributed by atoms with Gasteiger partial charge in [-0.2, -0.15) is 0 Å². The summed E-state index contributed by atoms with van der Waals surface area (Å²) >= 11 is 5.88. The highest BCUT2D eigenvalue weighted by atomic mass is 35.5. The van der Waals surface area contributed by atoms with Crippen molar-refractivity contribution in [2.75, 3.05) is 19.6 Å². The van der Waals surface area contributed by atoms with Crippen LogP contribution in [0, 0.1) is 5.82 Å². The maximum absolute atomic E-state index is 13.7. The van der Waals surface area contributed by atoms with Gasteiger partial charge in [-0.15, -0.1) is 0 Å². The zero-order valence-electron chi connectivity index (χ0n) is 10.7. The third kappa shape index (κ3) is 1.79. The normalized spacial score (nSPS) is 26.2. The smallest absolute Gasteiger partial charge is 0.142 e. The molecule has 4 rings (SSSR count). The van der Waals surface area contributed by atoms with E-state index in [9.17, 15) is 4.39 Å². The lowest BCUT2D eigenvalue weighted by Gasteiger charge is -2.29. The Morgan fingerprint density at radius 3 is 3.11 bits per heavy atom. The van der Waals surface area contributed by atoms with Gasteiger partial charge in [0.25, 0.3) is 0 Å². The number of piperidine rings is 1. The van der Waals surface area contributed by atoms with Crippen LogP contribution in [0.3, 0.4) is 0 Å². The van der Waals surface area contributed by atoms with Gasteiger partial charge in [-0.25, -0.2) is 4.39 Å². The van der Waals surface area contributed by atoms with E-state index in [0.717, 1.165) is 30.4 Å². The molecule has 2 unspecified atom stereocenters. The van der Waals surface area contributed by atoms with Crippen molar-refractivity contribution in [2.45, 2.75) is 25.2 Å². The molecule has 2 aliphatic rings. The Morgan fingerprint density at radius 1 is 1.32 bits per heavy atom. The van der Waals surface area contributed by atoms with Crippen LogP contribution in [-0.2, 0) is 6.42 Å². The van der Waals surface area contributed by atoms with E-state index < -0.39 is 0 Å². The number of H-pyrrole nitrogens is 1. The lowest BCUT2D eigenvalue weighted by Crippen LogP contribution is -2.33. The Kier molecular flexibility index (Phi) is 2.61. The SMILES string of the molecule is Fc1cc2c3c([nH]c2cc1Cl)C1CCCN(CC3)C1. The molecule has 3 heterocycles. The molecule has 2 aromatic rings. The summed E-state index contributed by atoms with van der Waals surface area (Å²) in [5.74, 6) is 0.254. The maximum Gasteiger partial charge on any atom is 0.142 e. The van der Waals surface area contributed by atoms with Gasteiger partial charge >= 0.3 is 0 Å². The Hall–Kier alpha value is -1.06. The zero-order chi connectivity index (χ0) is 13.0. The standard InChI is InChI=1S/C15H16ClFN2/c16-12-7-14-11(6-13(12)17)10-3-5-19-4-1-2-9(8-19)15(10)18-14/h6-7,9,18H,1-5,8H2. The lowest BCUT2D eigenvalue weighted by molar-refractivity contribution is 0.217. The summed E-state index contributed by atoms with van der Waals surface area (Å²) < 4.78 is 13.7. The third-order valence-electron chi connectivity index (χ3n) is 4.57. The number of halogens is 2. The van der Waals surface area contributed by atoms with E-state index in [1.54, 1.807) is 12.1 Å². The van der Waals surface area contributed by atoms with Crippen molar-refractivity contribution < 1.29 is 4.39 Å². The van der Waals surface area contributed by atoms with Crippen LogP contribution in [0.15, 0.2) is 12.1 Å². The molecule has 100 valence electrons. The van der Waals surface area contributed by atoms with E-state index >= 15 is 0 Å². The summed E-state index contributed by atoms with van der Waals surface area (Å²) in [6, 6.07) is 3.32. The van der Waals surface area contributed by atoms with Crippen LogP contribution in [0.2, 0.25) is 5.02 Å². The van der Waals surface area contributed by atoms with E-state index in [2.05, 4.69) is 9.88 Å². The third-order valence-corrected chi connectivity index (χ3v) is 4.86. The molecule has 2 atom stereocenters. The van der Waals surface area contributed by atoms with Crippen molar-refractivity contribution in [1.82, 2.24) is 9.88 Å². The first-order valence-corrected chi connectivity index (χ1v) is 7.32. The number of nitrogens with zero attached hydrogens (tertiary/aromatic N) is 1. The topological polar surface area (TPSA) is 19.0 Å². The number of nitrogens with one attached hydrogen (secondary N) is 1. The molecule has 2 aliphatic heterocycles. The Bertz CT molecular complexity index is 649. The minimum Gasteiger partial charge on any atom is -0.358 e. The molecule has 2 bridgehead atoms. The van der Waals surface area contributed by atoms with Crippen LogP contribution in [0.25, 0.3) is 10.9 Å². The molecule has 0 aliphatic carbocycles. The van der Waals surface area contributed by atoms with Crippen molar-refractivity contribution in [3.63, 3.8) is 0 Å². The fourth-order valence-electron chi connectivity index (χ4n) is 3.65. The highest BCUT2D eigenvalue weighted by Crippen LogP contribution is 2.37. The van der Waals surface area contributed by atoms with Crippen molar-refractivity contribution in [3.8, 4) is 0 Å². The van der Waals surface area contributed by atoms with Crippen molar-refractivity contribution in [1.29, 1.82) is 0 Å². The van der Waals surface area contributed by atoms with E-state index in [4.69, 9.17) is 11.6 Å². The quantitative estimate of drug-likeness (QED) is 0.779. The number of benzene rings is 1. The summed E-state index contributed by atoms with van der Waals surface area (Å²) in [7, 11) is 0. The first-order valence-electron chi connectivity index (χ1n) is 6.94.